The molecule has 4 aromatic rings. The summed E-state index contributed by atoms with van der Waals surface area (Å²) in [5.74, 6) is -0.671. The van der Waals surface area contributed by atoms with Crippen LogP contribution in [0.2, 0.25) is 5.02 Å². The standard InChI is InChI=1S/C27H20ClN3O2S/c28-22-13-4-5-14-23(22)34-25-26(32)30-31(27(25)33)24(18-8-2-1-3-9-18)20-11-6-10-19(16-20)21-12-7-15-29-17-21/h1-17,24-25H,(H,30,32). The first kappa shape index (κ1) is 22.2. The number of rotatable bonds is 6. The van der Waals surface area contributed by atoms with Crippen molar-refractivity contribution in [2.45, 2.75) is 16.2 Å². The Morgan fingerprint density at radius 1 is 0.853 bits per heavy atom. The number of hydrazine groups is 1. The van der Waals surface area contributed by atoms with Crippen molar-refractivity contribution in [3.05, 3.63) is 120 Å². The molecule has 1 saturated heterocycles. The summed E-state index contributed by atoms with van der Waals surface area (Å²) in [6.07, 6.45) is 3.53. The predicted molar refractivity (Wildman–Crippen MR) is 134 cm³/mol. The molecule has 3 aromatic carbocycles. The largest absolute Gasteiger partial charge is 0.271 e. The summed E-state index contributed by atoms with van der Waals surface area (Å²) >= 11 is 7.44. The van der Waals surface area contributed by atoms with Crippen molar-refractivity contribution in [3.8, 4) is 11.1 Å². The van der Waals surface area contributed by atoms with Crippen LogP contribution in [0.3, 0.4) is 0 Å². The molecular weight excluding hydrogens is 466 g/mol. The van der Waals surface area contributed by atoms with Crippen molar-refractivity contribution in [2.75, 3.05) is 0 Å². The van der Waals surface area contributed by atoms with Crippen LogP contribution in [0.5, 0.6) is 0 Å². The SMILES string of the molecule is O=C1NN(C(c2ccccc2)c2cccc(-c3cccnc3)c2)C(=O)C1Sc1ccccc1Cl. The Bertz CT molecular complexity index is 1330. The first-order valence-corrected chi connectivity index (χ1v) is 12.0. The second-order valence-corrected chi connectivity index (χ2v) is 9.35. The lowest BCUT2D eigenvalue weighted by atomic mass is 9.95. The molecule has 2 heterocycles. The van der Waals surface area contributed by atoms with Gasteiger partial charge in [0.05, 0.1) is 5.02 Å². The average molecular weight is 486 g/mol. The van der Waals surface area contributed by atoms with Gasteiger partial charge < -0.3 is 0 Å². The minimum atomic E-state index is -0.924. The van der Waals surface area contributed by atoms with Crippen LogP contribution < -0.4 is 5.43 Å². The van der Waals surface area contributed by atoms with Crippen molar-refractivity contribution in [1.29, 1.82) is 0 Å². The van der Waals surface area contributed by atoms with Gasteiger partial charge in [0.1, 0.15) is 6.04 Å². The third kappa shape index (κ3) is 4.42. The number of hydrogen-bond acceptors (Lipinski definition) is 4. The van der Waals surface area contributed by atoms with Gasteiger partial charge in [-0.3, -0.25) is 20.0 Å². The normalized spacial score (nSPS) is 16.4. The van der Waals surface area contributed by atoms with Gasteiger partial charge in [-0.1, -0.05) is 78.3 Å². The highest BCUT2D eigenvalue weighted by atomic mass is 35.5. The van der Waals surface area contributed by atoms with E-state index >= 15 is 0 Å². The molecule has 7 heteroatoms. The molecule has 1 N–H and O–H groups in total. The van der Waals surface area contributed by atoms with Crippen LogP contribution in [-0.4, -0.2) is 27.1 Å². The second-order valence-electron chi connectivity index (χ2n) is 7.79. The number of nitrogens with zero attached hydrogens (tertiary/aromatic N) is 2. The maximum Gasteiger partial charge on any atom is 0.265 e. The number of benzene rings is 3. The third-order valence-electron chi connectivity index (χ3n) is 5.58. The predicted octanol–water partition coefficient (Wildman–Crippen LogP) is 5.53. The summed E-state index contributed by atoms with van der Waals surface area (Å²) < 4.78 is 0. The molecule has 0 radical (unpaired) electrons. The van der Waals surface area contributed by atoms with Crippen molar-refractivity contribution >= 4 is 35.2 Å². The first-order valence-electron chi connectivity index (χ1n) is 10.7. The number of halogens is 1. The molecule has 1 aromatic heterocycles. The summed E-state index contributed by atoms with van der Waals surface area (Å²) in [5.41, 5.74) is 6.54. The van der Waals surface area contributed by atoms with E-state index in [1.54, 1.807) is 18.5 Å². The quantitative estimate of drug-likeness (QED) is 0.365. The van der Waals surface area contributed by atoms with E-state index in [4.69, 9.17) is 11.6 Å². The van der Waals surface area contributed by atoms with Gasteiger partial charge in [-0.25, -0.2) is 5.01 Å². The molecule has 34 heavy (non-hydrogen) atoms. The zero-order valence-electron chi connectivity index (χ0n) is 18.0. The monoisotopic (exact) mass is 485 g/mol. The Balaban J connectivity index is 1.52. The second kappa shape index (κ2) is 9.71. The van der Waals surface area contributed by atoms with Crippen LogP contribution in [0, 0.1) is 0 Å². The van der Waals surface area contributed by atoms with Crippen LogP contribution in [-0.2, 0) is 9.59 Å². The van der Waals surface area contributed by atoms with E-state index in [0.29, 0.717) is 9.92 Å². The van der Waals surface area contributed by atoms with Gasteiger partial charge in [0.25, 0.3) is 11.8 Å². The molecule has 5 nitrogen and oxygen atoms in total. The molecule has 168 valence electrons. The van der Waals surface area contributed by atoms with E-state index in [1.807, 2.05) is 84.9 Å². The topological polar surface area (TPSA) is 62.3 Å². The molecular formula is C27H20ClN3O2S. The Morgan fingerprint density at radius 2 is 1.59 bits per heavy atom. The molecule has 0 aliphatic carbocycles. The summed E-state index contributed by atoms with van der Waals surface area (Å²) in [5, 5.41) is 1.03. The fourth-order valence-corrected chi connectivity index (χ4v) is 5.22. The molecule has 0 bridgehead atoms. The van der Waals surface area contributed by atoms with E-state index in [9.17, 15) is 9.59 Å². The number of pyridine rings is 1. The summed E-state index contributed by atoms with van der Waals surface area (Å²) in [6, 6.07) is 28.2. The highest BCUT2D eigenvalue weighted by Gasteiger charge is 2.44. The Hall–Kier alpha value is -3.61. The number of nitrogens with one attached hydrogen (secondary N) is 1. The zero-order valence-corrected chi connectivity index (χ0v) is 19.5. The van der Waals surface area contributed by atoms with E-state index < -0.39 is 11.3 Å². The lowest BCUT2D eigenvalue weighted by Crippen LogP contribution is -2.39. The maximum absolute atomic E-state index is 13.5. The number of thioether (sulfide) groups is 1. The number of amides is 2. The number of carbonyl (C=O) groups is 2. The molecule has 0 spiro atoms. The zero-order chi connectivity index (χ0) is 23.5. The Kier molecular flexibility index (Phi) is 6.34. The molecule has 2 amide bonds. The van der Waals surface area contributed by atoms with Crippen LogP contribution >= 0.6 is 23.4 Å². The molecule has 0 saturated carbocycles. The van der Waals surface area contributed by atoms with Crippen molar-refractivity contribution < 1.29 is 9.59 Å². The fourth-order valence-electron chi connectivity index (χ4n) is 3.98. The minimum Gasteiger partial charge on any atom is -0.271 e. The Labute approximate surface area is 206 Å². The minimum absolute atomic E-state index is 0.310. The molecule has 5 rings (SSSR count). The van der Waals surface area contributed by atoms with Crippen LogP contribution in [0.4, 0.5) is 0 Å². The molecule has 1 fully saturated rings. The molecule has 2 atom stereocenters. The highest BCUT2D eigenvalue weighted by Crippen LogP contribution is 2.37. The Morgan fingerprint density at radius 3 is 2.35 bits per heavy atom. The van der Waals surface area contributed by atoms with Gasteiger partial charge in [-0.05, 0) is 46.5 Å². The van der Waals surface area contributed by atoms with Gasteiger partial charge in [0, 0.05) is 17.3 Å². The van der Waals surface area contributed by atoms with Crippen molar-refractivity contribution in [3.63, 3.8) is 0 Å². The third-order valence-corrected chi connectivity index (χ3v) is 7.29. The highest BCUT2D eigenvalue weighted by molar-refractivity contribution is 8.01. The van der Waals surface area contributed by atoms with Gasteiger partial charge in [-0.2, -0.15) is 0 Å². The number of carbonyl (C=O) groups excluding carboxylic acids is 2. The van der Waals surface area contributed by atoms with Crippen molar-refractivity contribution in [2.24, 2.45) is 0 Å². The molecule has 1 aliphatic heterocycles. The molecule has 1 aliphatic rings. The molecule has 2 unspecified atom stereocenters. The lowest BCUT2D eigenvalue weighted by molar-refractivity contribution is -0.131. The van der Waals surface area contributed by atoms with Gasteiger partial charge in [0.15, 0.2) is 5.25 Å². The van der Waals surface area contributed by atoms with Crippen LogP contribution in [0.15, 0.2) is 108 Å². The maximum atomic E-state index is 13.5. The first-order chi connectivity index (χ1) is 16.6. The summed E-state index contributed by atoms with van der Waals surface area (Å²) in [4.78, 5) is 31.4. The number of hydrogen-bond donors (Lipinski definition) is 1. The average Bonchev–Trinajstić information content (AvgIpc) is 3.15. The summed E-state index contributed by atoms with van der Waals surface area (Å²) in [6.45, 7) is 0. The van der Waals surface area contributed by atoms with Crippen LogP contribution in [0.25, 0.3) is 11.1 Å². The van der Waals surface area contributed by atoms with Crippen molar-refractivity contribution in [1.82, 2.24) is 15.4 Å². The van der Waals surface area contributed by atoms with Crippen LogP contribution in [0.1, 0.15) is 17.2 Å². The van der Waals surface area contributed by atoms with E-state index in [-0.39, 0.29) is 11.8 Å². The van der Waals surface area contributed by atoms with Gasteiger partial charge in [-0.15, -0.1) is 11.8 Å². The number of aromatic nitrogens is 1. The van der Waals surface area contributed by atoms with E-state index in [0.717, 1.165) is 34.0 Å². The smallest absolute Gasteiger partial charge is 0.265 e. The lowest BCUT2D eigenvalue weighted by Gasteiger charge is -2.28. The van der Waals surface area contributed by atoms with Gasteiger partial charge in [0.2, 0.25) is 0 Å². The van der Waals surface area contributed by atoms with E-state index in [2.05, 4.69) is 10.4 Å². The van der Waals surface area contributed by atoms with Gasteiger partial charge >= 0.3 is 0 Å². The van der Waals surface area contributed by atoms with E-state index in [1.165, 1.54) is 5.01 Å². The summed E-state index contributed by atoms with van der Waals surface area (Å²) in [7, 11) is 0. The fraction of sp³-hybridized carbons (Fsp3) is 0.0741.